The molecule has 1 aliphatic rings. The quantitative estimate of drug-likeness (QED) is 0.856. The minimum absolute atomic E-state index is 0.124. The molecular formula is C13H18N2O5S. The van der Waals surface area contributed by atoms with Crippen LogP contribution in [0.5, 0.6) is 5.75 Å². The fourth-order valence-electron chi connectivity index (χ4n) is 2.20. The lowest BCUT2D eigenvalue weighted by Gasteiger charge is -2.22. The Balaban J connectivity index is 2.27. The van der Waals surface area contributed by atoms with E-state index in [9.17, 15) is 13.2 Å². The van der Waals surface area contributed by atoms with E-state index in [1.807, 2.05) is 0 Å². The molecule has 0 aliphatic carbocycles. The van der Waals surface area contributed by atoms with Gasteiger partial charge < -0.3 is 14.8 Å². The molecule has 1 aromatic carbocycles. The minimum Gasteiger partial charge on any atom is -0.495 e. The van der Waals surface area contributed by atoms with Crippen molar-refractivity contribution < 1.29 is 22.7 Å². The van der Waals surface area contributed by atoms with E-state index in [0.29, 0.717) is 18.7 Å². The third kappa shape index (κ3) is 3.34. The summed E-state index contributed by atoms with van der Waals surface area (Å²) in [5.74, 6) is -0.190. The lowest BCUT2D eigenvalue weighted by atomic mass is 10.0. The second-order valence-electron chi connectivity index (χ2n) is 5.05. The Morgan fingerprint density at radius 3 is 2.71 bits per heavy atom. The molecule has 1 aliphatic heterocycles. The molecule has 3 N–H and O–H groups in total. The molecule has 0 bridgehead atoms. The van der Waals surface area contributed by atoms with Crippen molar-refractivity contribution >= 4 is 21.6 Å². The highest BCUT2D eigenvalue weighted by molar-refractivity contribution is 7.89. The van der Waals surface area contributed by atoms with Gasteiger partial charge in [-0.05, 0) is 38.0 Å². The number of nitrogens with two attached hydrogens (primary N) is 1. The largest absolute Gasteiger partial charge is 0.495 e. The van der Waals surface area contributed by atoms with Gasteiger partial charge in [-0.2, -0.15) is 0 Å². The van der Waals surface area contributed by atoms with Gasteiger partial charge in [0.25, 0.3) is 5.91 Å². The number of ether oxygens (including phenoxy) is 2. The third-order valence-corrected chi connectivity index (χ3v) is 4.36. The molecule has 0 aromatic heterocycles. The molecule has 1 amide bonds. The molecule has 116 valence electrons. The average Bonchev–Trinajstić information content (AvgIpc) is 2.86. The maximum Gasteiger partial charge on any atom is 0.256 e. The predicted octanol–water partition coefficient (Wildman–Crippen LogP) is 0.850. The van der Waals surface area contributed by atoms with E-state index < -0.39 is 15.6 Å². The second-order valence-corrected chi connectivity index (χ2v) is 6.58. The van der Waals surface area contributed by atoms with Crippen LogP contribution in [-0.4, -0.2) is 33.6 Å². The Labute approximate surface area is 123 Å². The first-order valence-corrected chi connectivity index (χ1v) is 7.97. The van der Waals surface area contributed by atoms with Crippen LogP contribution in [0.15, 0.2) is 23.1 Å². The highest BCUT2D eigenvalue weighted by atomic mass is 32.2. The molecule has 7 nitrogen and oxygen atoms in total. The summed E-state index contributed by atoms with van der Waals surface area (Å²) in [5, 5.41) is 7.78. The van der Waals surface area contributed by atoms with Gasteiger partial charge in [-0.15, -0.1) is 0 Å². The molecule has 1 aromatic rings. The summed E-state index contributed by atoms with van der Waals surface area (Å²) in [6.07, 6.45) is 1.44. The summed E-state index contributed by atoms with van der Waals surface area (Å²) in [5.41, 5.74) is -0.566. The van der Waals surface area contributed by atoms with Crippen molar-refractivity contribution in [2.75, 3.05) is 19.0 Å². The van der Waals surface area contributed by atoms with Gasteiger partial charge in [0, 0.05) is 12.3 Å². The van der Waals surface area contributed by atoms with Gasteiger partial charge in [0.1, 0.15) is 16.2 Å². The fourth-order valence-corrected chi connectivity index (χ4v) is 2.92. The highest BCUT2D eigenvalue weighted by Crippen LogP contribution is 2.29. The van der Waals surface area contributed by atoms with Crippen LogP contribution >= 0.6 is 0 Å². The van der Waals surface area contributed by atoms with E-state index in [4.69, 9.17) is 14.6 Å². The second kappa shape index (κ2) is 5.63. The Bertz CT molecular complexity index is 651. The van der Waals surface area contributed by atoms with E-state index in [2.05, 4.69) is 5.32 Å². The van der Waals surface area contributed by atoms with Crippen LogP contribution in [-0.2, 0) is 19.6 Å². The van der Waals surface area contributed by atoms with Crippen LogP contribution in [0.25, 0.3) is 0 Å². The number of carbonyl (C=O) groups excluding carboxylic acids is 1. The number of nitrogens with one attached hydrogen (secondary N) is 1. The van der Waals surface area contributed by atoms with Crippen molar-refractivity contribution in [1.29, 1.82) is 0 Å². The van der Waals surface area contributed by atoms with Crippen LogP contribution < -0.4 is 15.2 Å². The molecule has 1 fully saturated rings. The van der Waals surface area contributed by atoms with Crippen molar-refractivity contribution in [1.82, 2.24) is 0 Å². The molecule has 0 saturated carbocycles. The number of hydrogen-bond acceptors (Lipinski definition) is 5. The van der Waals surface area contributed by atoms with Crippen molar-refractivity contribution in [3.63, 3.8) is 0 Å². The molecule has 0 radical (unpaired) electrons. The van der Waals surface area contributed by atoms with Gasteiger partial charge in [-0.1, -0.05) is 0 Å². The summed E-state index contributed by atoms with van der Waals surface area (Å²) in [6.45, 7) is 2.24. The molecule has 0 spiro atoms. The number of rotatable bonds is 4. The summed E-state index contributed by atoms with van der Waals surface area (Å²) >= 11 is 0. The fraction of sp³-hybridized carbons (Fsp3) is 0.462. The van der Waals surface area contributed by atoms with Crippen molar-refractivity contribution in [3.05, 3.63) is 18.2 Å². The summed E-state index contributed by atoms with van der Waals surface area (Å²) in [6, 6.07) is 4.25. The first kappa shape index (κ1) is 15.7. The molecule has 8 heteroatoms. The first-order chi connectivity index (χ1) is 9.76. The molecule has 2 rings (SSSR count). The van der Waals surface area contributed by atoms with E-state index in [1.165, 1.54) is 19.2 Å². The van der Waals surface area contributed by atoms with Crippen molar-refractivity contribution in [3.8, 4) is 5.75 Å². The summed E-state index contributed by atoms with van der Waals surface area (Å²) in [4.78, 5) is 12.0. The van der Waals surface area contributed by atoms with Gasteiger partial charge >= 0.3 is 0 Å². The Morgan fingerprint density at radius 2 is 2.19 bits per heavy atom. The maximum atomic E-state index is 12.2. The zero-order chi connectivity index (χ0) is 15.7. The van der Waals surface area contributed by atoms with E-state index in [1.54, 1.807) is 13.0 Å². The molecule has 21 heavy (non-hydrogen) atoms. The van der Waals surface area contributed by atoms with Crippen LogP contribution in [0, 0.1) is 0 Å². The Kier molecular flexibility index (Phi) is 4.22. The molecule has 1 unspecified atom stereocenters. The van der Waals surface area contributed by atoms with Crippen LogP contribution in [0.4, 0.5) is 5.69 Å². The number of amides is 1. The lowest BCUT2D eigenvalue weighted by molar-refractivity contribution is -0.133. The van der Waals surface area contributed by atoms with Crippen LogP contribution in [0.3, 0.4) is 0 Å². The first-order valence-electron chi connectivity index (χ1n) is 6.42. The number of sulfonamides is 1. The van der Waals surface area contributed by atoms with E-state index in [0.717, 1.165) is 6.42 Å². The van der Waals surface area contributed by atoms with Gasteiger partial charge in [0.2, 0.25) is 10.0 Å². The SMILES string of the molecule is COc1ccc(NC(=O)C2(C)CCCO2)cc1S(N)(=O)=O. The van der Waals surface area contributed by atoms with Gasteiger partial charge in [-0.25, -0.2) is 13.6 Å². The summed E-state index contributed by atoms with van der Waals surface area (Å²) in [7, 11) is -2.60. The average molecular weight is 314 g/mol. The number of anilines is 1. The maximum absolute atomic E-state index is 12.2. The Hall–Kier alpha value is -1.64. The van der Waals surface area contributed by atoms with E-state index >= 15 is 0 Å². The number of methoxy groups -OCH3 is 1. The smallest absolute Gasteiger partial charge is 0.256 e. The zero-order valence-corrected chi connectivity index (χ0v) is 12.7. The molecule has 1 atom stereocenters. The standard InChI is InChI=1S/C13H18N2O5S/c1-13(6-3-7-20-13)12(16)15-9-4-5-10(19-2)11(8-9)21(14,17)18/h4-5,8H,3,6-7H2,1-2H3,(H,15,16)(H2,14,17,18). The zero-order valence-electron chi connectivity index (χ0n) is 11.9. The predicted molar refractivity (Wildman–Crippen MR) is 76.6 cm³/mol. The van der Waals surface area contributed by atoms with Crippen LogP contribution in [0.1, 0.15) is 19.8 Å². The summed E-state index contributed by atoms with van der Waals surface area (Å²) < 4.78 is 33.5. The highest BCUT2D eigenvalue weighted by Gasteiger charge is 2.37. The Morgan fingerprint density at radius 1 is 1.48 bits per heavy atom. The third-order valence-electron chi connectivity index (χ3n) is 3.43. The van der Waals surface area contributed by atoms with E-state index in [-0.39, 0.29) is 16.6 Å². The number of primary sulfonamides is 1. The van der Waals surface area contributed by atoms with Gasteiger partial charge in [-0.3, -0.25) is 4.79 Å². The van der Waals surface area contributed by atoms with Crippen molar-refractivity contribution in [2.45, 2.75) is 30.3 Å². The molecule has 1 saturated heterocycles. The lowest BCUT2D eigenvalue weighted by Crippen LogP contribution is -2.39. The molecule has 1 heterocycles. The number of carbonyl (C=O) groups is 1. The van der Waals surface area contributed by atoms with Gasteiger partial charge in [0.05, 0.1) is 7.11 Å². The van der Waals surface area contributed by atoms with Crippen LogP contribution in [0.2, 0.25) is 0 Å². The number of hydrogen-bond donors (Lipinski definition) is 2. The van der Waals surface area contributed by atoms with Gasteiger partial charge in [0.15, 0.2) is 0 Å². The molecular weight excluding hydrogens is 296 g/mol. The monoisotopic (exact) mass is 314 g/mol. The normalized spacial score (nSPS) is 22.0. The minimum atomic E-state index is -3.95. The van der Waals surface area contributed by atoms with Crippen molar-refractivity contribution in [2.24, 2.45) is 5.14 Å². The topological polar surface area (TPSA) is 108 Å². The number of benzene rings is 1.